The Labute approximate surface area is 180 Å². The van der Waals surface area contributed by atoms with Gasteiger partial charge in [0.15, 0.2) is 6.10 Å². The zero-order chi connectivity index (χ0) is 21.2. The fourth-order valence-corrected chi connectivity index (χ4v) is 7.19. The highest BCUT2D eigenvalue weighted by Gasteiger charge is 2.51. The number of rotatable bonds is 12. The normalized spacial score (nSPS) is 13.4. The quantitative estimate of drug-likeness (QED) is 0.221. The Morgan fingerprint density at radius 3 is 1.83 bits per heavy atom. The molecule has 7 heteroatoms. The number of unbranched alkanes of at least 4 members (excludes halogenated alkanes) is 4. The zero-order valence-electron chi connectivity index (χ0n) is 16.6. The number of alkyl halides is 4. The summed E-state index contributed by atoms with van der Waals surface area (Å²) in [7, 11) is -3.56. The van der Waals surface area contributed by atoms with Gasteiger partial charge in [-0.1, -0.05) is 109 Å². The Hall–Kier alpha value is -1.15. The Balaban J connectivity index is 2.39. The van der Waals surface area contributed by atoms with Gasteiger partial charge in [0.25, 0.3) is 0 Å². The van der Waals surface area contributed by atoms with Gasteiger partial charge in [-0.25, -0.2) is 0 Å². The van der Waals surface area contributed by atoms with Crippen molar-refractivity contribution in [3.05, 3.63) is 60.7 Å². The fraction of sp³-hybridized carbons (Fsp3) is 0.455. The van der Waals surface area contributed by atoms with E-state index in [9.17, 15) is 13.2 Å². The van der Waals surface area contributed by atoms with Gasteiger partial charge in [0, 0.05) is 11.9 Å². The molecule has 0 aromatic heterocycles. The number of benzene rings is 2. The van der Waals surface area contributed by atoms with Crippen LogP contribution in [0.4, 0.5) is 13.2 Å². The molecule has 0 fully saturated rings. The van der Waals surface area contributed by atoms with Crippen LogP contribution in [0.5, 0.6) is 0 Å². The minimum atomic E-state index is -4.49. The van der Waals surface area contributed by atoms with Crippen LogP contribution in [0.3, 0.4) is 0 Å². The van der Waals surface area contributed by atoms with Gasteiger partial charge in [-0.05, 0) is 16.8 Å². The van der Waals surface area contributed by atoms with Crippen molar-refractivity contribution in [3.63, 3.8) is 0 Å². The molecule has 1 atom stereocenters. The minimum absolute atomic E-state index is 0.342. The second-order valence-electron chi connectivity index (χ2n) is 6.91. The lowest BCUT2D eigenvalue weighted by Gasteiger charge is -2.35. The summed E-state index contributed by atoms with van der Waals surface area (Å²) >= 11 is 2.98. The molecule has 0 amide bonds. The van der Waals surface area contributed by atoms with Crippen LogP contribution in [0.1, 0.15) is 39.0 Å². The molecule has 0 aliphatic heterocycles. The SMILES string of the molecule is CCCCCCCO[Si](OC(CBr)C(F)(F)F)(c1ccccc1)c1ccccc1. The minimum Gasteiger partial charge on any atom is -0.388 e. The van der Waals surface area contributed by atoms with Crippen LogP contribution in [0.25, 0.3) is 0 Å². The van der Waals surface area contributed by atoms with Crippen molar-refractivity contribution in [2.45, 2.75) is 51.3 Å². The summed E-state index contributed by atoms with van der Waals surface area (Å²) in [6, 6.07) is 18.1. The van der Waals surface area contributed by atoms with Crippen LogP contribution in [0, 0.1) is 0 Å². The fourth-order valence-electron chi connectivity index (χ4n) is 3.13. The topological polar surface area (TPSA) is 18.5 Å². The van der Waals surface area contributed by atoms with Gasteiger partial charge in [-0.15, -0.1) is 0 Å². The van der Waals surface area contributed by atoms with E-state index in [1.807, 2.05) is 36.4 Å². The number of hydrogen-bond donors (Lipinski definition) is 0. The van der Waals surface area contributed by atoms with E-state index in [1.54, 1.807) is 24.3 Å². The molecule has 2 rings (SSSR count). The first-order chi connectivity index (χ1) is 13.9. The molecule has 1 unspecified atom stereocenters. The zero-order valence-corrected chi connectivity index (χ0v) is 19.2. The maximum absolute atomic E-state index is 13.6. The summed E-state index contributed by atoms with van der Waals surface area (Å²) < 4.78 is 53.1. The smallest absolute Gasteiger partial charge is 0.388 e. The average Bonchev–Trinajstić information content (AvgIpc) is 2.73. The first-order valence-electron chi connectivity index (χ1n) is 9.99. The van der Waals surface area contributed by atoms with Gasteiger partial charge in [-0.2, -0.15) is 13.2 Å². The van der Waals surface area contributed by atoms with Gasteiger partial charge in [0.2, 0.25) is 0 Å². The molecule has 2 nitrogen and oxygen atoms in total. The van der Waals surface area contributed by atoms with E-state index in [-0.39, 0.29) is 5.33 Å². The lowest BCUT2D eigenvalue weighted by atomic mass is 10.2. The molecule has 0 N–H and O–H groups in total. The predicted molar refractivity (Wildman–Crippen MR) is 117 cm³/mol. The molecule has 0 heterocycles. The third kappa shape index (κ3) is 6.95. The van der Waals surface area contributed by atoms with Crippen molar-refractivity contribution in [2.24, 2.45) is 0 Å². The lowest BCUT2D eigenvalue weighted by molar-refractivity contribution is -0.192. The van der Waals surface area contributed by atoms with Gasteiger partial charge < -0.3 is 8.85 Å². The molecule has 0 saturated carbocycles. The van der Waals surface area contributed by atoms with Crippen LogP contribution in [-0.2, 0) is 8.85 Å². The molecule has 0 aliphatic rings. The van der Waals surface area contributed by atoms with Crippen molar-refractivity contribution < 1.29 is 22.0 Å². The van der Waals surface area contributed by atoms with Crippen molar-refractivity contribution in [2.75, 3.05) is 11.9 Å². The first-order valence-corrected chi connectivity index (χ1v) is 12.9. The largest absolute Gasteiger partial charge is 0.414 e. The van der Waals surface area contributed by atoms with E-state index in [0.717, 1.165) is 32.1 Å². The molecule has 0 radical (unpaired) electrons. The van der Waals surface area contributed by atoms with Crippen molar-refractivity contribution >= 4 is 34.9 Å². The summed E-state index contributed by atoms with van der Waals surface area (Å²) in [6.45, 7) is 2.51. The molecular weight excluding hydrogens is 461 g/mol. The maximum Gasteiger partial charge on any atom is 0.414 e. The molecular formula is C22H28BrF3O2Si. The van der Waals surface area contributed by atoms with Crippen LogP contribution in [0.15, 0.2) is 60.7 Å². The summed E-state index contributed by atoms with van der Waals surface area (Å²) in [6.07, 6.45) is -1.28. The van der Waals surface area contributed by atoms with Crippen LogP contribution >= 0.6 is 15.9 Å². The molecule has 160 valence electrons. The van der Waals surface area contributed by atoms with E-state index in [1.165, 1.54) is 0 Å². The van der Waals surface area contributed by atoms with Gasteiger partial charge >= 0.3 is 14.7 Å². The van der Waals surface area contributed by atoms with Gasteiger partial charge in [0.05, 0.1) is 0 Å². The van der Waals surface area contributed by atoms with Crippen molar-refractivity contribution in [1.82, 2.24) is 0 Å². The maximum atomic E-state index is 13.6. The van der Waals surface area contributed by atoms with E-state index in [4.69, 9.17) is 8.85 Å². The summed E-state index contributed by atoms with van der Waals surface area (Å²) in [5, 5.41) is 1.01. The van der Waals surface area contributed by atoms with E-state index in [2.05, 4.69) is 22.9 Å². The summed E-state index contributed by atoms with van der Waals surface area (Å²) in [5.41, 5.74) is 0. The Kier molecular flexibility index (Phi) is 9.88. The third-order valence-electron chi connectivity index (χ3n) is 4.67. The standard InChI is InChI=1S/C22H28BrF3O2Si/c1-2-3-4-5-12-17-27-29(19-13-8-6-9-14-19,20-15-10-7-11-16-20)28-21(18-23)22(24,25)26/h6-11,13-16,21H,2-5,12,17-18H2,1H3. The second-order valence-corrected chi connectivity index (χ2v) is 10.5. The molecule has 0 saturated heterocycles. The lowest BCUT2D eigenvalue weighted by Crippen LogP contribution is -2.66. The van der Waals surface area contributed by atoms with E-state index in [0.29, 0.717) is 17.0 Å². The van der Waals surface area contributed by atoms with Crippen LogP contribution in [0.2, 0.25) is 0 Å². The Bertz CT molecular complexity index is 659. The predicted octanol–water partition coefficient (Wildman–Crippen LogP) is 5.57. The van der Waals surface area contributed by atoms with Gasteiger partial charge in [-0.3, -0.25) is 0 Å². The average molecular weight is 489 g/mol. The molecule has 0 aliphatic carbocycles. The molecule has 0 spiro atoms. The van der Waals surface area contributed by atoms with E-state index >= 15 is 0 Å². The highest BCUT2D eigenvalue weighted by atomic mass is 79.9. The molecule has 2 aromatic rings. The highest BCUT2D eigenvalue weighted by Crippen LogP contribution is 2.28. The Morgan fingerprint density at radius 2 is 1.38 bits per heavy atom. The number of hydrogen-bond acceptors (Lipinski definition) is 2. The molecule has 0 bridgehead atoms. The molecule has 29 heavy (non-hydrogen) atoms. The first kappa shape index (κ1) is 24.1. The highest BCUT2D eigenvalue weighted by molar-refractivity contribution is 9.09. The number of halogens is 4. The monoisotopic (exact) mass is 488 g/mol. The Morgan fingerprint density at radius 1 is 0.862 bits per heavy atom. The molecule has 2 aromatic carbocycles. The second kappa shape index (κ2) is 11.9. The van der Waals surface area contributed by atoms with Gasteiger partial charge in [0.1, 0.15) is 0 Å². The summed E-state index contributed by atoms with van der Waals surface area (Å²) in [5.74, 6) is 0. The van der Waals surface area contributed by atoms with Crippen LogP contribution < -0.4 is 10.4 Å². The van der Waals surface area contributed by atoms with Crippen LogP contribution in [-0.4, -0.2) is 32.8 Å². The third-order valence-corrected chi connectivity index (χ3v) is 8.68. The van der Waals surface area contributed by atoms with Crippen molar-refractivity contribution in [1.29, 1.82) is 0 Å². The van der Waals surface area contributed by atoms with Crippen molar-refractivity contribution in [3.8, 4) is 0 Å². The summed E-state index contributed by atoms with van der Waals surface area (Å²) in [4.78, 5) is 0. The van der Waals surface area contributed by atoms with E-state index < -0.39 is 20.8 Å².